The number of hydrazine groups is 1. The SMILES string of the molecule is CCCOc1ccc(C(NN)C(OCC)C(C)C)cc1. The Morgan fingerprint density at radius 3 is 2.25 bits per heavy atom. The second-order valence-electron chi connectivity index (χ2n) is 5.23. The number of hydrogen-bond donors (Lipinski definition) is 2. The van der Waals surface area contributed by atoms with Crippen LogP contribution < -0.4 is 16.0 Å². The van der Waals surface area contributed by atoms with E-state index in [0.29, 0.717) is 12.5 Å². The number of benzene rings is 1. The Morgan fingerprint density at radius 1 is 1.15 bits per heavy atom. The number of nitrogens with two attached hydrogens (primary N) is 1. The van der Waals surface area contributed by atoms with E-state index in [2.05, 4.69) is 26.2 Å². The quantitative estimate of drug-likeness (QED) is 0.539. The molecule has 4 heteroatoms. The standard InChI is InChI=1S/C16H28N2O2/c1-5-11-20-14-9-7-13(8-10-14)15(18-17)16(12(3)4)19-6-2/h7-10,12,15-16,18H,5-6,11,17H2,1-4H3. The van der Waals surface area contributed by atoms with Crippen molar-refractivity contribution in [3.05, 3.63) is 29.8 Å². The van der Waals surface area contributed by atoms with E-state index in [9.17, 15) is 0 Å². The maximum atomic E-state index is 5.83. The molecule has 0 aliphatic carbocycles. The summed E-state index contributed by atoms with van der Waals surface area (Å²) in [6, 6.07) is 8.04. The van der Waals surface area contributed by atoms with Gasteiger partial charge in [0.2, 0.25) is 0 Å². The number of ether oxygens (including phenoxy) is 2. The first-order valence-electron chi connectivity index (χ1n) is 7.44. The third kappa shape index (κ3) is 4.78. The second kappa shape index (κ2) is 8.95. The van der Waals surface area contributed by atoms with Gasteiger partial charge in [0.25, 0.3) is 0 Å². The van der Waals surface area contributed by atoms with Crippen molar-refractivity contribution in [3.63, 3.8) is 0 Å². The van der Waals surface area contributed by atoms with Crippen LogP contribution in [0.1, 0.15) is 45.7 Å². The van der Waals surface area contributed by atoms with Crippen molar-refractivity contribution < 1.29 is 9.47 Å². The Balaban J connectivity index is 2.82. The van der Waals surface area contributed by atoms with Crippen molar-refractivity contribution in [2.75, 3.05) is 13.2 Å². The zero-order valence-electron chi connectivity index (χ0n) is 13.1. The summed E-state index contributed by atoms with van der Waals surface area (Å²) in [5, 5.41) is 0. The van der Waals surface area contributed by atoms with E-state index >= 15 is 0 Å². The van der Waals surface area contributed by atoms with E-state index in [-0.39, 0.29) is 12.1 Å². The van der Waals surface area contributed by atoms with Crippen LogP contribution in [-0.2, 0) is 4.74 Å². The smallest absolute Gasteiger partial charge is 0.119 e. The fourth-order valence-corrected chi connectivity index (χ4v) is 2.24. The lowest BCUT2D eigenvalue weighted by Crippen LogP contribution is -2.40. The molecule has 1 rings (SSSR count). The molecule has 0 aliphatic rings. The summed E-state index contributed by atoms with van der Waals surface area (Å²) in [6.07, 6.45) is 1.06. The van der Waals surface area contributed by atoms with Crippen LogP contribution in [0.5, 0.6) is 5.75 Å². The van der Waals surface area contributed by atoms with Crippen molar-refractivity contribution in [2.45, 2.75) is 46.3 Å². The van der Waals surface area contributed by atoms with Gasteiger partial charge in [-0.25, -0.2) is 0 Å². The Morgan fingerprint density at radius 2 is 1.80 bits per heavy atom. The van der Waals surface area contributed by atoms with Crippen LogP contribution in [0.4, 0.5) is 0 Å². The molecule has 0 saturated heterocycles. The maximum absolute atomic E-state index is 5.83. The minimum atomic E-state index is -0.0184. The first-order chi connectivity index (χ1) is 9.63. The average Bonchev–Trinajstić information content (AvgIpc) is 2.46. The molecule has 0 spiro atoms. The average molecular weight is 280 g/mol. The molecule has 1 aromatic carbocycles. The second-order valence-corrected chi connectivity index (χ2v) is 5.23. The van der Waals surface area contributed by atoms with Crippen LogP contribution in [0.2, 0.25) is 0 Å². The predicted octanol–water partition coefficient (Wildman–Crippen LogP) is 3.04. The largest absolute Gasteiger partial charge is 0.494 e. The minimum absolute atomic E-state index is 0.0184. The molecule has 4 nitrogen and oxygen atoms in total. The van der Waals surface area contributed by atoms with Gasteiger partial charge in [-0.05, 0) is 37.0 Å². The predicted molar refractivity (Wildman–Crippen MR) is 82.5 cm³/mol. The van der Waals surface area contributed by atoms with E-state index in [4.69, 9.17) is 15.3 Å². The van der Waals surface area contributed by atoms with Crippen molar-refractivity contribution in [2.24, 2.45) is 11.8 Å². The summed E-state index contributed by atoms with van der Waals surface area (Å²) in [6.45, 7) is 9.81. The summed E-state index contributed by atoms with van der Waals surface area (Å²) in [5.41, 5.74) is 4.00. The highest BCUT2D eigenvalue weighted by atomic mass is 16.5. The zero-order chi connectivity index (χ0) is 15.0. The lowest BCUT2D eigenvalue weighted by atomic mass is 9.94. The summed E-state index contributed by atoms with van der Waals surface area (Å²) in [7, 11) is 0. The van der Waals surface area contributed by atoms with E-state index in [1.165, 1.54) is 0 Å². The Kier molecular flexibility index (Phi) is 7.59. The van der Waals surface area contributed by atoms with Crippen LogP contribution in [0.25, 0.3) is 0 Å². The lowest BCUT2D eigenvalue weighted by molar-refractivity contribution is 0.00276. The molecule has 0 aromatic heterocycles. The molecule has 2 unspecified atom stereocenters. The number of rotatable bonds is 9. The molecule has 114 valence electrons. The molecule has 2 atom stereocenters. The Labute approximate surface area is 122 Å². The molecule has 0 bridgehead atoms. The van der Waals surface area contributed by atoms with Crippen molar-refractivity contribution in [3.8, 4) is 5.75 Å². The van der Waals surface area contributed by atoms with E-state index in [1.807, 2.05) is 31.2 Å². The molecule has 20 heavy (non-hydrogen) atoms. The molecule has 0 heterocycles. The van der Waals surface area contributed by atoms with Gasteiger partial charge in [0.05, 0.1) is 18.8 Å². The highest BCUT2D eigenvalue weighted by molar-refractivity contribution is 5.29. The van der Waals surface area contributed by atoms with Crippen LogP contribution in [0, 0.1) is 5.92 Å². The first kappa shape index (κ1) is 17.0. The van der Waals surface area contributed by atoms with Crippen LogP contribution in [0.3, 0.4) is 0 Å². The molecule has 0 amide bonds. The van der Waals surface area contributed by atoms with Gasteiger partial charge in [0.15, 0.2) is 0 Å². The fourth-order valence-electron chi connectivity index (χ4n) is 2.24. The zero-order valence-corrected chi connectivity index (χ0v) is 13.1. The van der Waals surface area contributed by atoms with Gasteiger partial charge in [-0.1, -0.05) is 32.9 Å². The molecular weight excluding hydrogens is 252 g/mol. The van der Waals surface area contributed by atoms with Crippen molar-refractivity contribution in [1.82, 2.24) is 5.43 Å². The summed E-state index contributed by atoms with van der Waals surface area (Å²) in [5.74, 6) is 7.00. The van der Waals surface area contributed by atoms with E-state index < -0.39 is 0 Å². The van der Waals surface area contributed by atoms with Gasteiger partial charge in [0, 0.05) is 6.61 Å². The Bertz CT molecular complexity index is 365. The van der Waals surface area contributed by atoms with E-state index in [1.54, 1.807) is 0 Å². The molecule has 1 aromatic rings. The molecule has 0 aliphatic heterocycles. The summed E-state index contributed by atoms with van der Waals surface area (Å²) < 4.78 is 11.4. The summed E-state index contributed by atoms with van der Waals surface area (Å²) in [4.78, 5) is 0. The Hall–Kier alpha value is -1.10. The first-order valence-corrected chi connectivity index (χ1v) is 7.44. The van der Waals surface area contributed by atoms with Crippen molar-refractivity contribution in [1.29, 1.82) is 0 Å². The van der Waals surface area contributed by atoms with Gasteiger partial charge >= 0.3 is 0 Å². The minimum Gasteiger partial charge on any atom is -0.494 e. The maximum Gasteiger partial charge on any atom is 0.119 e. The highest BCUT2D eigenvalue weighted by Gasteiger charge is 2.25. The highest BCUT2D eigenvalue weighted by Crippen LogP contribution is 2.26. The van der Waals surface area contributed by atoms with Gasteiger partial charge < -0.3 is 9.47 Å². The monoisotopic (exact) mass is 280 g/mol. The summed E-state index contributed by atoms with van der Waals surface area (Å²) >= 11 is 0. The molecule has 3 N–H and O–H groups in total. The van der Waals surface area contributed by atoms with Crippen LogP contribution in [-0.4, -0.2) is 19.3 Å². The van der Waals surface area contributed by atoms with Gasteiger partial charge in [-0.3, -0.25) is 11.3 Å². The third-order valence-corrected chi connectivity index (χ3v) is 3.24. The normalized spacial score (nSPS) is 14.3. The number of hydrogen-bond acceptors (Lipinski definition) is 4. The van der Waals surface area contributed by atoms with Gasteiger partial charge in [-0.15, -0.1) is 0 Å². The fraction of sp³-hybridized carbons (Fsp3) is 0.625. The van der Waals surface area contributed by atoms with E-state index in [0.717, 1.165) is 24.3 Å². The lowest BCUT2D eigenvalue weighted by Gasteiger charge is -2.30. The molecular formula is C16H28N2O2. The third-order valence-electron chi connectivity index (χ3n) is 3.24. The molecule has 0 saturated carbocycles. The van der Waals surface area contributed by atoms with Crippen molar-refractivity contribution >= 4 is 0 Å². The number of nitrogens with one attached hydrogen (secondary N) is 1. The van der Waals surface area contributed by atoms with Crippen LogP contribution in [0.15, 0.2) is 24.3 Å². The molecule has 0 radical (unpaired) electrons. The van der Waals surface area contributed by atoms with Crippen LogP contribution >= 0.6 is 0 Å². The van der Waals surface area contributed by atoms with Gasteiger partial charge in [-0.2, -0.15) is 0 Å². The topological polar surface area (TPSA) is 56.5 Å². The molecule has 0 fully saturated rings. The van der Waals surface area contributed by atoms with Gasteiger partial charge in [0.1, 0.15) is 5.75 Å².